The maximum absolute atomic E-state index is 12.9. The van der Waals surface area contributed by atoms with Crippen LogP contribution < -0.4 is 0 Å². The van der Waals surface area contributed by atoms with Gasteiger partial charge in [-0.1, -0.05) is 364 Å². The summed E-state index contributed by atoms with van der Waals surface area (Å²) in [4.78, 5) is 38.3. The highest BCUT2D eigenvalue weighted by atomic mass is 16.6. The molecule has 1 atom stereocenters. The molecular weight excluding hydrogens is 997 g/mol. The van der Waals surface area contributed by atoms with Gasteiger partial charge in [0, 0.05) is 19.3 Å². The molecule has 0 aliphatic heterocycles. The van der Waals surface area contributed by atoms with Gasteiger partial charge in [-0.2, -0.15) is 0 Å². The lowest BCUT2D eigenvalue weighted by Crippen LogP contribution is -2.30. The van der Waals surface area contributed by atoms with E-state index in [1.54, 1.807) is 0 Å². The van der Waals surface area contributed by atoms with Gasteiger partial charge in [0.1, 0.15) is 13.2 Å². The Balaban J connectivity index is 4.14. The quantitative estimate of drug-likeness (QED) is 0.0261. The Morgan fingerprint density at radius 2 is 0.481 bits per heavy atom. The van der Waals surface area contributed by atoms with E-state index < -0.39 is 6.10 Å². The number of hydrogen-bond donors (Lipinski definition) is 0. The molecule has 0 bridgehead atoms. The van der Waals surface area contributed by atoms with Crippen molar-refractivity contribution >= 4 is 17.9 Å². The molecule has 0 aliphatic carbocycles. The second-order valence-corrected chi connectivity index (χ2v) is 24.1. The van der Waals surface area contributed by atoms with Crippen LogP contribution in [0, 0.1) is 0 Å². The molecule has 0 saturated carbocycles. The molecule has 0 aromatic rings. The predicted molar refractivity (Wildman–Crippen MR) is 353 cm³/mol. The number of esters is 3. The van der Waals surface area contributed by atoms with Gasteiger partial charge in [-0.25, -0.2) is 0 Å². The summed E-state index contributed by atoms with van der Waals surface area (Å²) in [5.41, 5.74) is 0. The van der Waals surface area contributed by atoms with E-state index >= 15 is 0 Å². The number of rotatable bonds is 66. The molecule has 472 valence electrons. The van der Waals surface area contributed by atoms with E-state index in [-0.39, 0.29) is 37.5 Å². The number of ether oxygens (including phenoxy) is 3. The first kappa shape index (κ1) is 78.1. The normalized spacial score (nSPS) is 12.4. The highest BCUT2D eigenvalue weighted by Crippen LogP contribution is 2.19. The third-order valence-electron chi connectivity index (χ3n) is 16.0. The fourth-order valence-corrected chi connectivity index (χ4v) is 10.7. The van der Waals surface area contributed by atoms with Crippen molar-refractivity contribution in [3.05, 3.63) is 60.8 Å². The summed E-state index contributed by atoms with van der Waals surface area (Å²) >= 11 is 0. The van der Waals surface area contributed by atoms with Gasteiger partial charge in [-0.15, -0.1) is 0 Å². The predicted octanol–water partition coefficient (Wildman–Crippen LogP) is 24.7. The molecule has 0 aromatic heterocycles. The van der Waals surface area contributed by atoms with Gasteiger partial charge in [0.25, 0.3) is 0 Å². The Kier molecular flexibility index (Phi) is 67.1. The van der Waals surface area contributed by atoms with Gasteiger partial charge in [-0.3, -0.25) is 14.4 Å². The zero-order valence-corrected chi connectivity index (χ0v) is 54.3. The van der Waals surface area contributed by atoms with Crippen LogP contribution in [0.4, 0.5) is 0 Å². The van der Waals surface area contributed by atoms with Crippen LogP contribution in [0.15, 0.2) is 60.8 Å². The molecule has 6 nitrogen and oxygen atoms in total. The Labute approximate surface area is 504 Å². The fraction of sp³-hybridized carbons (Fsp3) is 0.827. The molecule has 0 saturated heterocycles. The van der Waals surface area contributed by atoms with E-state index in [2.05, 4.69) is 81.5 Å². The van der Waals surface area contributed by atoms with Crippen LogP contribution in [0.3, 0.4) is 0 Å². The molecule has 0 heterocycles. The molecule has 0 aromatic carbocycles. The topological polar surface area (TPSA) is 78.9 Å². The smallest absolute Gasteiger partial charge is 0.306 e. The molecule has 0 rings (SSSR count). The number of allylic oxidation sites excluding steroid dienone is 10. The van der Waals surface area contributed by atoms with E-state index in [1.807, 2.05) is 0 Å². The van der Waals surface area contributed by atoms with Crippen molar-refractivity contribution in [2.75, 3.05) is 13.2 Å². The number of carbonyl (C=O) groups excluding carboxylic acids is 3. The lowest BCUT2D eigenvalue weighted by atomic mass is 10.0. The first-order chi connectivity index (χ1) is 40.0. The Morgan fingerprint density at radius 3 is 0.741 bits per heavy atom. The maximum Gasteiger partial charge on any atom is 0.306 e. The summed E-state index contributed by atoms with van der Waals surface area (Å²) < 4.78 is 16.9. The molecule has 1 unspecified atom stereocenters. The van der Waals surface area contributed by atoms with E-state index in [1.165, 1.54) is 257 Å². The fourth-order valence-electron chi connectivity index (χ4n) is 10.7. The first-order valence-corrected chi connectivity index (χ1v) is 35.8. The average molecular weight is 1130 g/mol. The summed E-state index contributed by atoms with van der Waals surface area (Å²) in [5.74, 6) is -0.929. The molecule has 6 heteroatoms. The largest absolute Gasteiger partial charge is 0.462 e. The van der Waals surface area contributed by atoms with Crippen molar-refractivity contribution in [1.82, 2.24) is 0 Å². The maximum atomic E-state index is 12.9. The second kappa shape index (κ2) is 69.6. The van der Waals surface area contributed by atoms with Crippen LogP contribution in [0.5, 0.6) is 0 Å². The molecule has 0 aliphatic rings. The third-order valence-corrected chi connectivity index (χ3v) is 16.0. The van der Waals surface area contributed by atoms with Crippen molar-refractivity contribution in [3.63, 3.8) is 0 Å². The van der Waals surface area contributed by atoms with Crippen molar-refractivity contribution in [1.29, 1.82) is 0 Å². The van der Waals surface area contributed by atoms with Crippen LogP contribution in [-0.4, -0.2) is 37.2 Å². The minimum absolute atomic E-state index is 0.0922. The minimum Gasteiger partial charge on any atom is -0.462 e. The summed E-state index contributed by atoms with van der Waals surface area (Å²) in [6, 6.07) is 0. The Hall–Kier alpha value is -2.89. The van der Waals surface area contributed by atoms with Crippen molar-refractivity contribution in [2.24, 2.45) is 0 Å². The van der Waals surface area contributed by atoms with E-state index in [0.29, 0.717) is 19.3 Å². The summed E-state index contributed by atoms with van der Waals surface area (Å²) in [7, 11) is 0. The molecule has 81 heavy (non-hydrogen) atoms. The average Bonchev–Trinajstić information content (AvgIpc) is 3.46. The lowest BCUT2D eigenvalue weighted by molar-refractivity contribution is -0.167. The standard InChI is InChI=1S/C75H136O6/c1-4-7-10-13-16-19-22-25-27-29-30-31-32-33-34-35-36-37-38-39-40-41-42-43-44-46-47-50-53-56-59-62-65-68-74(77)80-71-72(70-79-73(76)67-64-61-58-55-52-49-24-21-18-15-12-9-6-3)81-75(78)69-66-63-60-57-54-51-48-45-28-26-23-20-17-14-11-8-5-2/h8,11,17,20,26,28,48,51,57,60,72H,4-7,9-10,12-16,18-19,21-25,27,29-47,49-50,52-56,58-59,61-71H2,1-3H3/b11-8-,20-17-,28-26-,51-48-,60-57-. The second-order valence-electron chi connectivity index (χ2n) is 24.1. The minimum atomic E-state index is -0.802. The Morgan fingerprint density at radius 1 is 0.259 bits per heavy atom. The Bertz CT molecular complexity index is 1440. The molecule has 0 N–H and O–H groups in total. The summed E-state index contributed by atoms with van der Waals surface area (Å²) in [5, 5.41) is 0. The van der Waals surface area contributed by atoms with Crippen LogP contribution in [0.1, 0.15) is 380 Å². The molecular formula is C75H136O6. The molecule has 0 spiro atoms. The highest BCUT2D eigenvalue weighted by molar-refractivity contribution is 5.71. The van der Waals surface area contributed by atoms with E-state index in [9.17, 15) is 14.4 Å². The van der Waals surface area contributed by atoms with Crippen LogP contribution >= 0.6 is 0 Å². The van der Waals surface area contributed by atoms with E-state index in [4.69, 9.17) is 14.2 Å². The van der Waals surface area contributed by atoms with Gasteiger partial charge in [0.2, 0.25) is 0 Å². The van der Waals surface area contributed by atoms with Gasteiger partial charge in [-0.05, 0) is 57.8 Å². The number of unbranched alkanes of at least 4 members (excludes halogenated alkanes) is 45. The molecule has 0 fully saturated rings. The highest BCUT2D eigenvalue weighted by Gasteiger charge is 2.19. The van der Waals surface area contributed by atoms with Crippen molar-refractivity contribution in [3.8, 4) is 0 Å². The van der Waals surface area contributed by atoms with Crippen molar-refractivity contribution < 1.29 is 28.6 Å². The zero-order valence-electron chi connectivity index (χ0n) is 54.3. The van der Waals surface area contributed by atoms with Crippen LogP contribution in [0.25, 0.3) is 0 Å². The van der Waals surface area contributed by atoms with Gasteiger partial charge in [0.15, 0.2) is 6.10 Å². The lowest BCUT2D eigenvalue weighted by Gasteiger charge is -2.18. The number of hydrogen-bond acceptors (Lipinski definition) is 6. The monoisotopic (exact) mass is 1130 g/mol. The van der Waals surface area contributed by atoms with Gasteiger partial charge < -0.3 is 14.2 Å². The van der Waals surface area contributed by atoms with Crippen LogP contribution in [-0.2, 0) is 28.6 Å². The molecule has 0 radical (unpaired) electrons. The summed E-state index contributed by atoms with van der Waals surface area (Å²) in [6.07, 6.45) is 90.0. The third kappa shape index (κ3) is 67.8. The molecule has 0 amide bonds. The first-order valence-electron chi connectivity index (χ1n) is 35.8. The number of carbonyl (C=O) groups is 3. The van der Waals surface area contributed by atoms with E-state index in [0.717, 1.165) is 77.0 Å². The summed E-state index contributed by atoms with van der Waals surface area (Å²) in [6.45, 7) is 6.54. The van der Waals surface area contributed by atoms with Crippen molar-refractivity contribution in [2.45, 2.75) is 386 Å². The van der Waals surface area contributed by atoms with Crippen LogP contribution in [0.2, 0.25) is 0 Å². The van der Waals surface area contributed by atoms with Gasteiger partial charge in [0.05, 0.1) is 0 Å². The SMILES string of the molecule is CC/C=C\C/C=C\C/C=C\C/C=C\C/C=C\CCCC(=O)OC(COC(=O)CCCCCCCCCCCCCCC)COC(=O)CCCCCCCCCCCCCCCCCCCCCCCCCCCCCCCCCCC. The zero-order chi connectivity index (χ0) is 58.5. The van der Waals surface area contributed by atoms with Gasteiger partial charge >= 0.3 is 17.9 Å².